The number of hydrogen-bond acceptors (Lipinski definition) is 7. The van der Waals surface area contributed by atoms with Crippen molar-refractivity contribution >= 4 is 23.3 Å². The van der Waals surface area contributed by atoms with Gasteiger partial charge in [-0.05, 0) is 41.5 Å². The Labute approximate surface area is 194 Å². The summed E-state index contributed by atoms with van der Waals surface area (Å²) in [5.41, 5.74) is 1.83. The van der Waals surface area contributed by atoms with Gasteiger partial charge in [0.25, 0.3) is 0 Å². The van der Waals surface area contributed by atoms with Crippen LogP contribution >= 0.6 is 0 Å². The Hall–Kier alpha value is -3.74. The molecule has 1 atom stereocenters. The molecule has 2 aromatic rings. The lowest BCUT2D eigenvalue weighted by molar-refractivity contribution is -0.316. The summed E-state index contributed by atoms with van der Waals surface area (Å²) in [7, 11) is 11.0. The van der Waals surface area contributed by atoms with Crippen LogP contribution in [0.15, 0.2) is 72.0 Å². The fraction of sp³-hybridized carbons (Fsp3) is 0.308. The van der Waals surface area contributed by atoms with Crippen LogP contribution in [0.5, 0.6) is 0 Å². The lowest BCUT2D eigenvalue weighted by atomic mass is 9.61. The summed E-state index contributed by atoms with van der Waals surface area (Å²) in [4.78, 5) is 30.4. The van der Waals surface area contributed by atoms with E-state index in [0.717, 1.165) is 11.4 Å². The average molecular weight is 448 g/mol. The van der Waals surface area contributed by atoms with E-state index < -0.39 is 23.3 Å². The van der Waals surface area contributed by atoms with E-state index >= 15 is 0 Å². The molecule has 0 N–H and O–H groups in total. The van der Waals surface area contributed by atoms with Gasteiger partial charge in [-0.15, -0.1) is 0 Å². The Bertz CT molecular complexity index is 1050. The van der Waals surface area contributed by atoms with Crippen molar-refractivity contribution in [2.24, 2.45) is 5.92 Å². The minimum atomic E-state index is -1.53. The first-order valence-corrected chi connectivity index (χ1v) is 10.6. The Morgan fingerprint density at radius 1 is 0.727 bits per heavy atom. The summed E-state index contributed by atoms with van der Waals surface area (Å²) in [6, 6.07) is 14.9. The van der Waals surface area contributed by atoms with Gasteiger partial charge >= 0.3 is 0 Å². The summed E-state index contributed by atoms with van der Waals surface area (Å²) in [5, 5.41) is 24.9. The van der Waals surface area contributed by atoms with Crippen LogP contribution < -0.4 is 20.0 Å². The van der Waals surface area contributed by atoms with Gasteiger partial charge in [0.2, 0.25) is 0 Å². The number of carbonyl (C=O) groups excluding carboxylic acids is 2. The summed E-state index contributed by atoms with van der Waals surface area (Å²) < 4.78 is 0. The Morgan fingerprint density at radius 3 is 1.45 bits per heavy atom. The average Bonchev–Trinajstić information content (AvgIpc) is 2.77. The SMILES string of the molecule is CN(C)C1=C(C(=O)[O-])C(C(=O)[O-])C(c2ccc(N(C)C)cc2)(c2ccc(N(C)C)cc2)C=C1. The van der Waals surface area contributed by atoms with Crippen LogP contribution in [0.1, 0.15) is 11.1 Å². The van der Waals surface area contributed by atoms with Gasteiger partial charge in [0.1, 0.15) is 0 Å². The van der Waals surface area contributed by atoms with Crippen LogP contribution in [0.2, 0.25) is 0 Å². The van der Waals surface area contributed by atoms with Crippen molar-refractivity contribution in [1.29, 1.82) is 0 Å². The third kappa shape index (κ3) is 4.18. The summed E-state index contributed by atoms with van der Waals surface area (Å²) in [5.74, 6) is -4.51. The highest BCUT2D eigenvalue weighted by molar-refractivity contribution is 5.96. The molecule has 0 saturated carbocycles. The van der Waals surface area contributed by atoms with Gasteiger partial charge in [-0.2, -0.15) is 0 Å². The molecule has 2 aromatic carbocycles. The highest BCUT2D eigenvalue weighted by Crippen LogP contribution is 2.48. The minimum absolute atomic E-state index is 0.273. The number of rotatable bonds is 7. The fourth-order valence-electron chi connectivity index (χ4n) is 4.45. The standard InChI is InChI=1S/C26H31N3O4/c1-27(2)19-11-7-17(8-12-19)26(18-9-13-20(14-10-18)28(3)4)16-15-21(29(5)6)22(24(30)31)23(26)25(32)33/h7-16,23H,1-6H3,(H,30,31)(H,32,33)/p-2. The van der Waals surface area contributed by atoms with Crippen molar-refractivity contribution in [3.05, 3.63) is 83.1 Å². The lowest BCUT2D eigenvalue weighted by Gasteiger charge is -2.45. The lowest BCUT2D eigenvalue weighted by Crippen LogP contribution is -2.52. The van der Waals surface area contributed by atoms with Crippen molar-refractivity contribution in [3.63, 3.8) is 0 Å². The molecule has 0 radical (unpaired) electrons. The first kappa shape index (κ1) is 23.9. The van der Waals surface area contributed by atoms with Crippen LogP contribution in [0.25, 0.3) is 0 Å². The highest BCUT2D eigenvalue weighted by atomic mass is 16.4. The van der Waals surface area contributed by atoms with Gasteiger partial charge in [0.15, 0.2) is 0 Å². The van der Waals surface area contributed by atoms with Crippen LogP contribution in [-0.2, 0) is 15.0 Å². The summed E-state index contributed by atoms with van der Waals surface area (Å²) in [6.45, 7) is 0. The number of carboxylic acid groups (broad SMARTS) is 2. The number of likely N-dealkylation sites (N-methyl/N-ethyl adjacent to an activating group) is 1. The molecule has 33 heavy (non-hydrogen) atoms. The molecule has 7 heteroatoms. The molecule has 1 unspecified atom stereocenters. The number of nitrogens with zero attached hydrogens (tertiary/aromatic N) is 3. The molecule has 7 nitrogen and oxygen atoms in total. The number of carboxylic acids is 2. The van der Waals surface area contributed by atoms with Crippen LogP contribution in [0, 0.1) is 5.92 Å². The zero-order valence-corrected chi connectivity index (χ0v) is 19.8. The van der Waals surface area contributed by atoms with Crippen molar-refractivity contribution in [3.8, 4) is 0 Å². The topological polar surface area (TPSA) is 90.0 Å². The molecule has 0 spiro atoms. The third-order valence-corrected chi connectivity index (χ3v) is 6.18. The van der Waals surface area contributed by atoms with E-state index in [9.17, 15) is 19.8 Å². The molecule has 3 rings (SSSR count). The molecule has 1 aliphatic carbocycles. The maximum absolute atomic E-state index is 12.6. The number of hydrogen-bond donors (Lipinski definition) is 0. The van der Waals surface area contributed by atoms with Crippen molar-refractivity contribution in [1.82, 2.24) is 4.90 Å². The molecule has 0 saturated heterocycles. The number of benzene rings is 2. The third-order valence-electron chi connectivity index (χ3n) is 6.18. The van der Waals surface area contributed by atoms with Crippen LogP contribution in [0.4, 0.5) is 11.4 Å². The number of allylic oxidation sites excluding steroid dienone is 2. The molecular weight excluding hydrogens is 418 g/mol. The number of aliphatic carboxylic acids is 2. The Kier molecular flexibility index (Phi) is 6.53. The van der Waals surface area contributed by atoms with E-state index in [0.29, 0.717) is 11.1 Å². The second kappa shape index (κ2) is 9.02. The molecule has 174 valence electrons. The molecular formula is C26H29N3O4-2. The predicted octanol–water partition coefficient (Wildman–Crippen LogP) is 0.606. The molecule has 0 bridgehead atoms. The maximum atomic E-state index is 12.6. The van der Waals surface area contributed by atoms with E-state index in [1.54, 1.807) is 31.1 Å². The largest absolute Gasteiger partial charge is 0.549 e. The monoisotopic (exact) mass is 447 g/mol. The van der Waals surface area contributed by atoms with E-state index in [-0.39, 0.29) is 11.3 Å². The highest BCUT2D eigenvalue weighted by Gasteiger charge is 2.46. The molecule has 1 aliphatic rings. The van der Waals surface area contributed by atoms with Gasteiger partial charge < -0.3 is 34.5 Å². The molecule has 0 aromatic heterocycles. The first-order chi connectivity index (χ1) is 15.5. The van der Waals surface area contributed by atoms with Crippen LogP contribution in [0.3, 0.4) is 0 Å². The van der Waals surface area contributed by atoms with Gasteiger partial charge in [0, 0.05) is 70.8 Å². The number of anilines is 2. The van der Waals surface area contributed by atoms with E-state index in [2.05, 4.69) is 0 Å². The Balaban J connectivity index is 2.36. The maximum Gasteiger partial charge on any atom is 0.0702 e. The van der Waals surface area contributed by atoms with Gasteiger partial charge in [0.05, 0.1) is 17.4 Å². The minimum Gasteiger partial charge on any atom is -0.549 e. The molecule has 0 heterocycles. The van der Waals surface area contributed by atoms with Crippen LogP contribution in [-0.4, -0.2) is 59.1 Å². The van der Waals surface area contributed by atoms with E-state index in [4.69, 9.17) is 0 Å². The summed E-state index contributed by atoms with van der Waals surface area (Å²) >= 11 is 0. The second-order valence-electron chi connectivity index (χ2n) is 8.82. The quantitative estimate of drug-likeness (QED) is 0.614. The zero-order valence-electron chi connectivity index (χ0n) is 19.8. The van der Waals surface area contributed by atoms with Crippen molar-refractivity contribution < 1.29 is 19.8 Å². The predicted molar refractivity (Wildman–Crippen MR) is 126 cm³/mol. The molecule has 0 fully saturated rings. The van der Waals surface area contributed by atoms with Gasteiger partial charge in [-0.3, -0.25) is 0 Å². The first-order valence-electron chi connectivity index (χ1n) is 10.6. The number of carbonyl (C=O) groups is 2. The van der Waals surface area contributed by atoms with Crippen molar-refractivity contribution in [2.75, 3.05) is 52.1 Å². The van der Waals surface area contributed by atoms with Gasteiger partial charge in [-0.1, -0.05) is 30.3 Å². The molecule has 0 amide bonds. The van der Waals surface area contributed by atoms with E-state index in [1.165, 1.54) is 0 Å². The van der Waals surface area contributed by atoms with E-state index in [1.807, 2.05) is 86.5 Å². The zero-order chi connectivity index (χ0) is 24.5. The normalized spacial score (nSPS) is 17.0. The van der Waals surface area contributed by atoms with Crippen molar-refractivity contribution in [2.45, 2.75) is 5.41 Å². The summed E-state index contributed by atoms with van der Waals surface area (Å²) in [6.07, 6.45) is 3.43. The molecule has 0 aliphatic heterocycles. The smallest absolute Gasteiger partial charge is 0.0702 e. The second-order valence-corrected chi connectivity index (χ2v) is 8.82. The fourth-order valence-corrected chi connectivity index (χ4v) is 4.45. The Morgan fingerprint density at radius 2 is 1.15 bits per heavy atom. The van der Waals surface area contributed by atoms with Gasteiger partial charge in [-0.25, -0.2) is 0 Å².